The van der Waals surface area contributed by atoms with Crippen LogP contribution in [0.4, 0.5) is 17.1 Å². The first-order valence-corrected chi connectivity index (χ1v) is 25.3. The van der Waals surface area contributed by atoms with Crippen molar-refractivity contribution in [3.8, 4) is 56.0 Å². The molecule has 11 aromatic carbocycles. The van der Waals surface area contributed by atoms with Gasteiger partial charge in [0.15, 0.2) is 0 Å². The van der Waals surface area contributed by atoms with Gasteiger partial charge in [-0.1, -0.05) is 212 Å². The summed E-state index contributed by atoms with van der Waals surface area (Å²) in [6, 6.07) is 96.6. The number of rotatable bonds is 5. The Morgan fingerprint density at radius 3 is 1.13 bits per heavy atom. The summed E-state index contributed by atoms with van der Waals surface area (Å²) in [4.78, 5) is 5.08. The molecule has 3 heteroatoms. The lowest BCUT2D eigenvalue weighted by atomic mass is 9.66. The van der Waals surface area contributed by atoms with Gasteiger partial charge in [-0.3, -0.25) is 0 Å². The lowest BCUT2D eigenvalue weighted by molar-refractivity contribution is 0.436. The van der Waals surface area contributed by atoms with Gasteiger partial charge >= 0.3 is 0 Å². The van der Waals surface area contributed by atoms with E-state index in [0.717, 1.165) is 39.7 Å². The van der Waals surface area contributed by atoms with Crippen LogP contribution in [0.1, 0.15) is 44.5 Å². The Balaban J connectivity index is 0.964. The maximum atomic E-state index is 6.75. The van der Waals surface area contributed by atoms with Gasteiger partial charge in [0.25, 0.3) is 0 Å². The first-order chi connectivity index (χ1) is 35.2. The van der Waals surface area contributed by atoms with E-state index in [9.17, 15) is 0 Å². The van der Waals surface area contributed by atoms with Crippen LogP contribution in [0, 0.1) is 0 Å². The highest BCUT2D eigenvalue weighted by Gasteiger charge is 2.52. The SMILES string of the molecule is c1ccc(-c2ccc(-c3ccc(N(c4ccc5c(c4)C4(c6ccccc6Oc6ccccc64)c4ccccc4-5)c4ccc5c(c4)C4(c6ccccc6Sc6ccccc64)c4ccccc4-5)cc3)cc2)cc1. The molecule has 0 amide bonds. The third-order valence-electron chi connectivity index (χ3n) is 15.6. The predicted octanol–water partition coefficient (Wildman–Crippen LogP) is 17.8. The van der Waals surface area contributed by atoms with Crippen LogP contribution in [0.2, 0.25) is 0 Å². The van der Waals surface area contributed by atoms with E-state index in [0.29, 0.717) is 0 Å². The van der Waals surface area contributed by atoms with E-state index < -0.39 is 10.8 Å². The summed E-state index contributed by atoms with van der Waals surface area (Å²) >= 11 is 1.88. The highest BCUT2D eigenvalue weighted by atomic mass is 32.2. The Bertz CT molecular complexity index is 3660. The van der Waals surface area contributed by atoms with Gasteiger partial charge in [-0.05, 0) is 139 Å². The standard InChI is InChI=1S/C68H43NOS/c1-2-16-44(17-3-1)45-30-32-46(33-31-45)47-34-36-48(37-35-47)69(49-38-40-53-51-18-4-6-20-55(51)67(61(53)42-49)57-22-8-12-26-63(57)70-64-27-13-9-23-58(64)67)50-39-41-54-52-19-5-7-21-56(52)68(62(54)43-50)59-24-10-14-28-65(59)71-66-29-15-11-25-60(66)68/h1-43H. The van der Waals surface area contributed by atoms with Gasteiger partial charge in [-0.2, -0.15) is 0 Å². The molecule has 0 bridgehead atoms. The molecule has 2 nitrogen and oxygen atoms in total. The highest BCUT2D eigenvalue weighted by Crippen LogP contribution is 2.65. The summed E-state index contributed by atoms with van der Waals surface area (Å²) in [5.41, 5.74) is 22.1. The van der Waals surface area contributed by atoms with Crippen LogP contribution in [-0.4, -0.2) is 0 Å². The van der Waals surface area contributed by atoms with Crippen LogP contribution >= 0.6 is 11.8 Å². The Morgan fingerprint density at radius 1 is 0.268 bits per heavy atom. The molecule has 0 unspecified atom stereocenters. The number of nitrogens with zero attached hydrogens (tertiary/aromatic N) is 1. The van der Waals surface area contributed by atoms with Crippen LogP contribution in [0.15, 0.2) is 271 Å². The molecule has 2 spiro atoms. The van der Waals surface area contributed by atoms with Crippen LogP contribution < -0.4 is 9.64 Å². The molecular formula is C68H43NOS. The fourth-order valence-corrected chi connectivity index (χ4v) is 13.9. The van der Waals surface area contributed by atoms with E-state index in [-0.39, 0.29) is 0 Å². The fourth-order valence-electron chi connectivity index (χ4n) is 12.7. The minimum Gasteiger partial charge on any atom is -0.457 e. The van der Waals surface area contributed by atoms with Crippen LogP contribution in [0.25, 0.3) is 44.5 Å². The number of para-hydroxylation sites is 2. The summed E-state index contributed by atoms with van der Waals surface area (Å²) in [5, 5.41) is 0. The molecule has 2 aliphatic heterocycles. The number of ether oxygens (including phenoxy) is 1. The van der Waals surface area contributed by atoms with E-state index in [2.05, 4.69) is 266 Å². The van der Waals surface area contributed by atoms with Crippen LogP contribution in [-0.2, 0) is 10.8 Å². The fraction of sp³-hybridized carbons (Fsp3) is 0.0294. The molecule has 71 heavy (non-hydrogen) atoms. The third kappa shape index (κ3) is 5.67. The molecule has 0 atom stereocenters. The van der Waals surface area contributed by atoms with Gasteiger partial charge in [-0.25, -0.2) is 0 Å². The van der Waals surface area contributed by atoms with Gasteiger partial charge in [0.05, 0.1) is 10.8 Å². The first kappa shape index (κ1) is 40.3. The maximum absolute atomic E-state index is 6.75. The molecule has 4 aliphatic rings. The van der Waals surface area contributed by atoms with Crippen molar-refractivity contribution in [2.45, 2.75) is 20.6 Å². The Kier molecular flexibility index (Phi) is 8.76. The Morgan fingerprint density at radius 2 is 0.620 bits per heavy atom. The van der Waals surface area contributed by atoms with Crippen LogP contribution in [0.3, 0.4) is 0 Å². The van der Waals surface area contributed by atoms with Crippen molar-refractivity contribution in [1.82, 2.24) is 0 Å². The Hall–Kier alpha value is -8.63. The molecule has 0 N–H and O–H groups in total. The second-order valence-electron chi connectivity index (χ2n) is 19.1. The van der Waals surface area contributed by atoms with Crippen molar-refractivity contribution in [3.05, 3.63) is 305 Å². The number of anilines is 3. The van der Waals surface area contributed by atoms with E-state index in [1.165, 1.54) is 87.7 Å². The van der Waals surface area contributed by atoms with E-state index in [1.54, 1.807) is 0 Å². The van der Waals surface area contributed by atoms with Gasteiger partial charge in [0.2, 0.25) is 0 Å². The smallest absolute Gasteiger partial charge is 0.132 e. The summed E-state index contributed by atoms with van der Waals surface area (Å²) < 4.78 is 6.75. The van der Waals surface area contributed by atoms with E-state index in [1.807, 2.05) is 11.8 Å². The third-order valence-corrected chi connectivity index (χ3v) is 16.8. The molecule has 0 aromatic heterocycles. The lowest BCUT2D eigenvalue weighted by Gasteiger charge is -2.40. The van der Waals surface area contributed by atoms with Gasteiger partial charge in [-0.15, -0.1) is 0 Å². The van der Waals surface area contributed by atoms with Crippen molar-refractivity contribution in [2.24, 2.45) is 0 Å². The average molecular weight is 922 g/mol. The topological polar surface area (TPSA) is 12.5 Å². The maximum Gasteiger partial charge on any atom is 0.132 e. The predicted molar refractivity (Wildman–Crippen MR) is 291 cm³/mol. The molecular weight excluding hydrogens is 879 g/mol. The van der Waals surface area contributed by atoms with E-state index >= 15 is 0 Å². The Labute approximate surface area is 418 Å². The second kappa shape index (κ2) is 15.4. The first-order valence-electron chi connectivity index (χ1n) is 24.5. The molecule has 0 saturated heterocycles. The van der Waals surface area contributed by atoms with Crippen molar-refractivity contribution < 1.29 is 4.74 Å². The number of hydrogen-bond donors (Lipinski definition) is 0. The molecule has 332 valence electrons. The zero-order valence-corrected chi connectivity index (χ0v) is 39.4. The number of hydrogen-bond acceptors (Lipinski definition) is 3. The van der Waals surface area contributed by atoms with Crippen molar-refractivity contribution in [1.29, 1.82) is 0 Å². The van der Waals surface area contributed by atoms with Gasteiger partial charge in [0.1, 0.15) is 11.5 Å². The summed E-state index contributed by atoms with van der Waals surface area (Å²) in [5.74, 6) is 1.77. The van der Waals surface area contributed by atoms with Crippen LogP contribution in [0.5, 0.6) is 11.5 Å². The second-order valence-corrected chi connectivity index (χ2v) is 20.1. The minimum absolute atomic E-state index is 0.513. The molecule has 0 saturated carbocycles. The summed E-state index contributed by atoms with van der Waals surface area (Å²) in [7, 11) is 0. The van der Waals surface area contributed by atoms with Crippen molar-refractivity contribution in [3.63, 3.8) is 0 Å². The zero-order valence-electron chi connectivity index (χ0n) is 38.6. The highest BCUT2D eigenvalue weighted by molar-refractivity contribution is 7.99. The minimum atomic E-state index is -0.606. The largest absolute Gasteiger partial charge is 0.457 e. The molecule has 0 fully saturated rings. The molecule has 2 heterocycles. The summed E-state index contributed by atoms with van der Waals surface area (Å²) in [6.07, 6.45) is 0. The van der Waals surface area contributed by atoms with Gasteiger partial charge < -0.3 is 9.64 Å². The van der Waals surface area contributed by atoms with Crippen molar-refractivity contribution in [2.75, 3.05) is 4.90 Å². The molecule has 15 rings (SSSR count). The monoisotopic (exact) mass is 921 g/mol. The summed E-state index contributed by atoms with van der Waals surface area (Å²) in [6.45, 7) is 0. The molecule has 11 aromatic rings. The molecule has 0 radical (unpaired) electrons. The zero-order chi connectivity index (χ0) is 46.7. The molecule has 2 aliphatic carbocycles. The average Bonchev–Trinajstić information content (AvgIpc) is 3.89. The van der Waals surface area contributed by atoms with E-state index in [4.69, 9.17) is 4.74 Å². The quantitative estimate of drug-likeness (QED) is 0.171. The van der Waals surface area contributed by atoms with Gasteiger partial charge in [0, 0.05) is 38.0 Å². The number of benzene rings is 11. The van der Waals surface area contributed by atoms with Crippen molar-refractivity contribution >= 4 is 28.8 Å². The number of fused-ring (bicyclic) bond motifs is 18. The normalized spacial score (nSPS) is 14.2. The lowest BCUT2D eigenvalue weighted by Crippen LogP contribution is -2.32.